The summed E-state index contributed by atoms with van der Waals surface area (Å²) in [6.45, 7) is 6.91. The predicted octanol–water partition coefficient (Wildman–Crippen LogP) is 5.51. The molecule has 0 aliphatic carbocycles. The largest absolute Gasteiger partial charge is 0.444 e. The van der Waals surface area contributed by atoms with Gasteiger partial charge < -0.3 is 29.2 Å². The van der Waals surface area contributed by atoms with E-state index in [2.05, 4.69) is 10.4 Å². The average molecular weight is 635 g/mol. The van der Waals surface area contributed by atoms with Crippen molar-refractivity contribution in [1.82, 2.24) is 15.2 Å². The van der Waals surface area contributed by atoms with Crippen LogP contribution in [-0.2, 0) is 23.9 Å². The maximum absolute atomic E-state index is 15.0. The molecule has 1 heterocycles. The molecule has 1 N–H and O–H groups in total. The van der Waals surface area contributed by atoms with Crippen molar-refractivity contribution in [2.24, 2.45) is 5.10 Å². The molecule has 44 heavy (non-hydrogen) atoms. The molecule has 2 aromatic rings. The van der Waals surface area contributed by atoms with Crippen LogP contribution in [0.1, 0.15) is 51.2 Å². The van der Waals surface area contributed by atoms with E-state index in [4.69, 9.17) is 14.2 Å². The maximum atomic E-state index is 15.0. The zero-order chi connectivity index (χ0) is 32.2. The summed E-state index contributed by atoms with van der Waals surface area (Å²) in [4.78, 5) is 36.9. The summed E-state index contributed by atoms with van der Waals surface area (Å²) in [5.41, 5.74) is 0.0105. The quantitative estimate of drug-likeness (QED) is 0.203. The van der Waals surface area contributed by atoms with Gasteiger partial charge in [0.25, 0.3) is 0 Å². The number of nitrogens with one attached hydrogen (secondary N) is 1. The third-order valence-electron chi connectivity index (χ3n) is 6.37. The number of nitrogens with zero attached hydrogens (tertiary/aromatic N) is 3. The smallest absolute Gasteiger partial charge is 0.407 e. The van der Waals surface area contributed by atoms with E-state index in [0.29, 0.717) is 39.1 Å². The molecule has 0 unspecified atom stereocenters. The van der Waals surface area contributed by atoms with Crippen molar-refractivity contribution in [1.29, 1.82) is 0 Å². The summed E-state index contributed by atoms with van der Waals surface area (Å²) in [7, 11) is 1.60. The lowest BCUT2D eigenvalue weighted by Crippen LogP contribution is -2.48. The van der Waals surface area contributed by atoms with E-state index in [1.807, 2.05) is 30.3 Å². The van der Waals surface area contributed by atoms with Crippen LogP contribution in [0.15, 0.2) is 53.6 Å². The van der Waals surface area contributed by atoms with Crippen molar-refractivity contribution < 1.29 is 37.4 Å². The monoisotopic (exact) mass is 634 g/mol. The van der Waals surface area contributed by atoms with E-state index in [1.54, 1.807) is 27.8 Å². The molecule has 2 aromatic carbocycles. The summed E-state index contributed by atoms with van der Waals surface area (Å²) >= 11 is 1.16. The van der Waals surface area contributed by atoms with Crippen molar-refractivity contribution in [3.8, 4) is 0 Å². The molecule has 1 aliphatic rings. The molecule has 0 radical (unpaired) electrons. The highest BCUT2D eigenvalue weighted by molar-refractivity contribution is 8.15. The number of benzene rings is 2. The van der Waals surface area contributed by atoms with Crippen LogP contribution in [-0.4, -0.2) is 85.5 Å². The summed E-state index contributed by atoms with van der Waals surface area (Å²) in [5, 5.41) is 8.77. The highest BCUT2D eigenvalue weighted by atomic mass is 32.2. The molecule has 10 nitrogen and oxygen atoms in total. The molecular formula is C31H40F2N4O6S. The van der Waals surface area contributed by atoms with Crippen LogP contribution < -0.4 is 5.32 Å². The Hall–Kier alpha value is -3.55. The number of amides is 3. The number of hydrogen-bond donors (Lipinski definition) is 1. The highest BCUT2D eigenvalue weighted by Crippen LogP contribution is 2.51. The number of ether oxygens (including phenoxy) is 3. The van der Waals surface area contributed by atoms with Crippen LogP contribution in [0.2, 0.25) is 0 Å². The highest BCUT2D eigenvalue weighted by Gasteiger charge is 2.49. The van der Waals surface area contributed by atoms with Crippen molar-refractivity contribution in [3.63, 3.8) is 0 Å². The Labute approximate surface area is 261 Å². The lowest BCUT2D eigenvalue weighted by molar-refractivity contribution is -0.108. The van der Waals surface area contributed by atoms with Crippen molar-refractivity contribution in [2.75, 3.05) is 46.6 Å². The first-order valence-electron chi connectivity index (χ1n) is 14.4. The van der Waals surface area contributed by atoms with Crippen molar-refractivity contribution >= 4 is 35.2 Å². The van der Waals surface area contributed by atoms with Crippen molar-refractivity contribution in [2.45, 2.75) is 50.5 Å². The Morgan fingerprint density at radius 1 is 1.07 bits per heavy atom. The van der Waals surface area contributed by atoms with Gasteiger partial charge >= 0.3 is 12.1 Å². The van der Waals surface area contributed by atoms with Crippen LogP contribution >= 0.6 is 11.8 Å². The van der Waals surface area contributed by atoms with Gasteiger partial charge in [0, 0.05) is 32.1 Å². The van der Waals surface area contributed by atoms with E-state index in [9.17, 15) is 23.2 Å². The molecule has 0 saturated heterocycles. The second-order valence-corrected chi connectivity index (χ2v) is 12.3. The van der Waals surface area contributed by atoms with E-state index in [0.717, 1.165) is 41.8 Å². The van der Waals surface area contributed by atoms with Gasteiger partial charge in [-0.15, -0.1) is 0 Å². The number of carbonyl (C=O) groups is 3. The number of hydrogen-bond acceptors (Lipinski definition) is 8. The molecule has 0 spiro atoms. The van der Waals surface area contributed by atoms with Crippen LogP contribution in [0.5, 0.6) is 0 Å². The van der Waals surface area contributed by atoms with Gasteiger partial charge in [-0.05, 0) is 57.4 Å². The number of urea groups is 1. The van der Waals surface area contributed by atoms with E-state index >= 15 is 0 Å². The second kappa shape index (κ2) is 16.5. The molecule has 1 atom stereocenters. The van der Waals surface area contributed by atoms with Gasteiger partial charge in [-0.3, -0.25) is 0 Å². The van der Waals surface area contributed by atoms with Crippen LogP contribution in [0.4, 0.5) is 18.4 Å². The SMILES string of the molecule is CN(CCOCCOCCC=O)C(=O)N1N=C(c2cc(F)ccc2F)S[C@@]1(CCCNC(=O)OC(C)(C)C)c1ccccc1. The first kappa shape index (κ1) is 34.9. The van der Waals surface area contributed by atoms with Gasteiger partial charge in [-0.25, -0.2) is 18.4 Å². The number of rotatable bonds is 15. The number of hydrazone groups is 1. The summed E-state index contributed by atoms with van der Waals surface area (Å²) in [5.74, 6) is -1.30. The third kappa shape index (κ3) is 10.00. The maximum Gasteiger partial charge on any atom is 0.407 e. The first-order chi connectivity index (χ1) is 21.0. The van der Waals surface area contributed by atoms with Crippen LogP contribution in [0, 0.1) is 11.6 Å². The molecule has 0 saturated carbocycles. The third-order valence-corrected chi connectivity index (χ3v) is 7.82. The van der Waals surface area contributed by atoms with Gasteiger partial charge in [0.15, 0.2) is 0 Å². The lowest BCUT2D eigenvalue weighted by atomic mass is 10.0. The number of carbonyl (C=O) groups excluding carboxylic acids is 3. The Morgan fingerprint density at radius 3 is 2.45 bits per heavy atom. The van der Waals surface area contributed by atoms with Gasteiger partial charge in [-0.1, -0.05) is 42.1 Å². The summed E-state index contributed by atoms with van der Waals surface area (Å²) < 4.78 is 45.4. The zero-order valence-electron chi connectivity index (χ0n) is 25.5. The van der Waals surface area contributed by atoms with E-state index in [-0.39, 0.29) is 30.3 Å². The Bertz CT molecular complexity index is 1290. The summed E-state index contributed by atoms with van der Waals surface area (Å²) in [6, 6.07) is 11.8. The molecule has 3 amide bonds. The standard InChI is InChI=1S/C31H40F2N4O6S/c1-30(2,3)43-28(39)34-15-8-14-31(23-10-6-5-7-11-23)37(35-27(44-31)25-22-24(32)12-13-26(25)33)29(40)36(4)16-19-42-21-20-41-18-9-17-38/h5-7,10-13,17,22H,8-9,14-16,18-21H2,1-4H3,(H,34,39)/t31-/m0/s1. The van der Waals surface area contributed by atoms with Gasteiger partial charge in [0.1, 0.15) is 33.4 Å². The van der Waals surface area contributed by atoms with Crippen molar-refractivity contribution in [3.05, 3.63) is 71.3 Å². The summed E-state index contributed by atoms with van der Waals surface area (Å²) in [6.07, 6.45) is 1.26. The Morgan fingerprint density at radius 2 is 1.77 bits per heavy atom. The molecule has 13 heteroatoms. The van der Waals surface area contributed by atoms with E-state index in [1.165, 1.54) is 9.91 Å². The molecular weight excluding hydrogens is 594 g/mol. The predicted molar refractivity (Wildman–Crippen MR) is 164 cm³/mol. The molecule has 3 rings (SSSR count). The minimum absolute atomic E-state index is 0.0574. The topological polar surface area (TPSA) is 110 Å². The molecule has 0 bridgehead atoms. The van der Waals surface area contributed by atoms with Crippen LogP contribution in [0.25, 0.3) is 0 Å². The van der Waals surface area contributed by atoms with Gasteiger partial charge in [0.2, 0.25) is 0 Å². The second-order valence-electron chi connectivity index (χ2n) is 11.0. The normalized spacial score (nSPS) is 16.4. The Balaban J connectivity index is 1.84. The number of alkyl carbamates (subject to hydrolysis) is 1. The molecule has 0 aromatic heterocycles. The average Bonchev–Trinajstić information content (AvgIpc) is 3.37. The number of aldehydes is 1. The minimum Gasteiger partial charge on any atom is -0.444 e. The fraction of sp³-hybridized carbons (Fsp3) is 0.484. The Kier molecular flexibility index (Phi) is 13.1. The molecule has 0 fully saturated rings. The van der Waals surface area contributed by atoms with Gasteiger partial charge in [0.05, 0.1) is 26.4 Å². The van der Waals surface area contributed by atoms with E-state index < -0.39 is 34.2 Å². The lowest BCUT2D eigenvalue weighted by Gasteiger charge is -2.37. The fourth-order valence-corrected chi connectivity index (χ4v) is 5.70. The number of thioether (sulfide) groups is 1. The fourth-order valence-electron chi connectivity index (χ4n) is 4.29. The number of likely N-dealkylation sites (N-methyl/N-ethyl adjacent to an activating group) is 1. The molecule has 1 aliphatic heterocycles. The molecule has 240 valence electrons. The number of halogens is 2. The van der Waals surface area contributed by atoms with Gasteiger partial charge in [-0.2, -0.15) is 10.1 Å². The minimum atomic E-state index is -1.14. The first-order valence-corrected chi connectivity index (χ1v) is 15.2. The van der Waals surface area contributed by atoms with Crippen LogP contribution in [0.3, 0.4) is 0 Å². The zero-order valence-corrected chi connectivity index (χ0v) is 26.3.